The third kappa shape index (κ3) is 2.18. The monoisotopic (exact) mass is 238 g/mol. The number of carbonyl (C=O) groups excluding carboxylic acids is 1. The zero-order chi connectivity index (χ0) is 11.8. The van der Waals surface area contributed by atoms with Gasteiger partial charge in [-0.05, 0) is 32.1 Å². The van der Waals surface area contributed by atoms with E-state index in [2.05, 4.69) is 10.5 Å². The van der Waals surface area contributed by atoms with Gasteiger partial charge in [-0.25, -0.2) is 4.39 Å². The summed E-state index contributed by atoms with van der Waals surface area (Å²) >= 11 is 0. The first-order valence-electron chi connectivity index (χ1n) is 6.15. The molecule has 2 saturated carbocycles. The third-order valence-electron chi connectivity index (χ3n) is 3.49. The molecule has 4 nitrogen and oxygen atoms in total. The smallest absolute Gasteiger partial charge is 0.273 e. The number of nitrogens with zero attached hydrogens (tertiary/aromatic N) is 1. The maximum absolute atomic E-state index is 13.3. The number of nitrogens with one attached hydrogen (secondary N) is 1. The Balaban J connectivity index is 1.64. The molecular weight excluding hydrogens is 223 g/mol. The molecule has 2 fully saturated rings. The Bertz CT molecular complexity index is 428. The second-order valence-corrected chi connectivity index (χ2v) is 4.92. The molecule has 0 saturated heterocycles. The number of amides is 1. The minimum absolute atomic E-state index is 0.269. The summed E-state index contributed by atoms with van der Waals surface area (Å²) in [4.78, 5) is 11.8. The van der Waals surface area contributed by atoms with E-state index in [4.69, 9.17) is 4.52 Å². The summed E-state index contributed by atoms with van der Waals surface area (Å²) in [7, 11) is 0. The standard InChI is InChI=1S/C12H15FN2O2/c13-8-2-1-3-9(8)14-12(16)10-6-11(17-15-10)7-4-5-7/h6-9H,1-5H2,(H,14,16)/t8-,9-/m1/s1. The van der Waals surface area contributed by atoms with Gasteiger partial charge in [0.15, 0.2) is 5.69 Å². The van der Waals surface area contributed by atoms with Gasteiger partial charge in [-0.3, -0.25) is 4.79 Å². The highest BCUT2D eigenvalue weighted by Gasteiger charge is 2.31. The Hall–Kier alpha value is -1.39. The number of aromatic nitrogens is 1. The van der Waals surface area contributed by atoms with Crippen LogP contribution >= 0.6 is 0 Å². The van der Waals surface area contributed by atoms with Gasteiger partial charge in [0.25, 0.3) is 5.91 Å². The van der Waals surface area contributed by atoms with Crippen LogP contribution in [-0.4, -0.2) is 23.3 Å². The van der Waals surface area contributed by atoms with E-state index in [-0.39, 0.29) is 17.6 Å². The van der Waals surface area contributed by atoms with Crippen molar-refractivity contribution in [2.45, 2.75) is 50.2 Å². The van der Waals surface area contributed by atoms with Crippen molar-refractivity contribution < 1.29 is 13.7 Å². The summed E-state index contributed by atoms with van der Waals surface area (Å²) in [5, 5.41) is 6.42. The van der Waals surface area contributed by atoms with Gasteiger partial charge in [0, 0.05) is 12.0 Å². The van der Waals surface area contributed by atoms with Crippen molar-refractivity contribution in [3.8, 4) is 0 Å². The number of carbonyl (C=O) groups is 1. The number of hydrogen-bond donors (Lipinski definition) is 1. The molecule has 0 radical (unpaired) electrons. The van der Waals surface area contributed by atoms with Crippen LogP contribution in [0.1, 0.15) is 54.3 Å². The number of hydrogen-bond acceptors (Lipinski definition) is 3. The summed E-state index contributed by atoms with van der Waals surface area (Å²) in [6.07, 6.45) is 3.36. The van der Waals surface area contributed by atoms with Crippen LogP contribution in [0.3, 0.4) is 0 Å². The molecule has 0 spiro atoms. The molecule has 92 valence electrons. The largest absolute Gasteiger partial charge is 0.360 e. The molecule has 1 amide bonds. The fourth-order valence-electron chi connectivity index (χ4n) is 2.28. The Morgan fingerprint density at radius 1 is 1.41 bits per heavy atom. The fraction of sp³-hybridized carbons (Fsp3) is 0.667. The highest BCUT2D eigenvalue weighted by atomic mass is 19.1. The Morgan fingerprint density at radius 3 is 2.88 bits per heavy atom. The summed E-state index contributed by atoms with van der Waals surface area (Å²) in [6, 6.07) is 1.32. The van der Waals surface area contributed by atoms with E-state index >= 15 is 0 Å². The van der Waals surface area contributed by atoms with Crippen molar-refractivity contribution in [2.24, 2.45) is 0 Å². The molecule has 3 rings (SSSR count). The summed E-state index contributed by atoms with van der Waals surface area (Å²) in [5.74, 6) is 0.887. The topological polar surface area (TPSA) is 55.1 Å². The Morgan fingerprint density at radius 2 is 2.24 bits per heavy atom. The van der Waals surface area contributed by atoms with Crippen LogP contribution in [0, 0.1) is 0 Å². The zero-order valence-corrected chi connectivity index (χ0v) is 9.49. The highest BCUT2D eigenvalue weighted by molar-refractivity contribution is 5.92. The SMILES string of the molecule is O=C(N[C@@H]1CCC[C@H]1F)c1cc(C2CC2)on1. The first-order valence-corrected chi connectivity index (χ1v) is 6.15. The van der Waals surface area contributed by atoms with Crippen LogP contribution < -0.4 is 5.32 Å². The molecule has 0 unspecified atom stereocenters. The molecule has 1 heterocycles. The first kappa shape index (κ1) is 10.7. The molecular formula is C12H15FN2O2. The average molecular weight is 238 g/mol. The van der Waals surface area contributed by atoms with E-state index in [0.717, 1.165) is 25.0 Å². The molecule has 2 atom stereocenters. The maximum Gasteiger partial charge on any atom is 0.273 e. The Labute approximate surface area is 98.5 Å². The van der Waals surface area contributed by atoms with Crippen molar-refractivity contribution in [3.63, 3.8) is 0 Å². The second-order valence-electron chi connectivity index (χ2n) is 4.92. The van der Waals surface area contributed by atoms with Crippen LogP contribution in [0.15, 0.2) is 10.6 Å². The van der Waals surface area contributed by atoms with E-state index < -0.39 is 6.17 Å². The van der Waals surface area contributed by atoms with Gasteiger partial charge >= 0.3 is 0 Å². The van der Waals surface area contributed by atoms with Crippen LogP contribution in [0.4, 0.5) is 4.39 Å². The molecule has 1 aromatic rings. The second kappa shape index (κ2) is 4.13. The molecule has 17 heavy (non-hydrogen) atoms. The van der Waals surface area contributed by atoms with E-state index in [1.54, 1.807) is 6.07 Å². The minimum Gasteiger partial charge on any atom is -0.360 e. The number of halogens is 1. The minimum atomic E-state index is -0.922. The fourth-order valence-corrected chi connectivity index (χ4v) is 2.28. The van der Waals surface area contributed by atoms with Crippen molar-refractivity contribution in [1.82, 2.24) is 10.5 Å². The Kier molecular flexibility index (Phi) is 2.61. The van der Waals surface area contributed by atoms with Crippen molar-refractivity contribution >= 4 is 5.91 Å². The quantitative estimate of drug-likeness (QED) is 0.878. The van der Waals surface area contributed by atoms with Crippen LogP contribution in [-0.2, 0) is 0 Å². The third-order valence-corrected chi connectivity index (χ3v) is 3.49. The highest BCUT2D eigenvalue weighted by Crippen LogP contribution is 2.40. The molecule has 2 aliphatic rings. The molecule has 5 heteroatoms. The molecule has 2 aliphatic carbocycles. The van der Waals surface area contributed by atoms with Gasteiger partial charge in [-0.15, -0.1) is 0 Å². The van der Waals surface area contributed by atoms with Crippen molar-refractivity contribution in [3.05, 3.63) is 17.5 Å². The van der Waals surface area contributed by atoms with Gasteiger partial charge in [0.05, 0.1) is 6.04 Å². The van der Waals surface area contributed by atoms with E-state index in [1.807, 2.05) is 0 Å². The van der Waals surface area contributed by atoms with E-state index in [9.17, 15) is 9.18 Å². The van der Waals surface area contributed by atoms with Gasteiger partial charge in [0.2, 0.25) is 0 Å². The average Bonchev–Trinajstić information content (AvgIpc) is 2.91. The van der Waals surface area contributed by atoms with Crippen LogP contribution in [0.5, 0.6) is 0 Å². The molecule has 0 bridgehead atoms. The predicted octanol–water partition coefficient (Wildman–Crippen LogP) is 2.17. The molecule has 0 aliphatic heterocycles. The van der Waals surface area contributed by atoms with E-state index in [0.29, 0.717) is 18.8 Å². The van der Waals surface area contributed by atoms with Crippen molar-refractivity contribution in [2.75, 3.05) is 0 Å². The lowest BCUT2D eigenvalue weighted by Crippen LogP contribution is -2.38. The zero-order valence-electron chi connectivity index (χ0n) is 9.49. The first-order chi connectivity index (χ1) is 8.24. The van der Waals surface area contributed by atoms with Crippen LogP contribution in [0.25, 0.3) is 0 Å². The summed E-state index contributed by atoms with van der Waals surface area (Å²) < 4.78 is 18.4. The van der Waals surface area contributed by atoms with Crippen molar-refractivity contribution in [1.29, 1.82) is 0 Å². The molecule has 0 aromatic carbocycles. The lowest BCUT2D eigenvalue weighted by Gasteiger charge is -2.13. The van der Waals surface area contributed by atoms with Gasteiger partial charge in [-0.1, -0.05) is 5.16 Å². The maximum atomic E-state index is 13.3. The summed E-state index contributed by atoms with van der Waals surface area (Å²) in [5.41, 5.74) is 0.269. The molecule has 1 aromatic heterocycles. The molecule has 1 N–H and O–H groups in total. The van der Waals surface area contributed by atoms with Gasteiger partial charge in [0.1, 0.15) is 11.9 Å². The van der Waals surface area contributed by atoms with Gasteiger partial charge in [-0.2, -0.15) is 0 Å². The van der Waals surface area contributed by atoms with E-state index in [1.165, 1.54) is 0 Å². The summed E-state index contributed by atoms with van der Waals surface area (Å²) in [6.45, 7) is 0. The predicted molar refractivity (Wildman–Crippen MR) is 58.5 cm³/mol. The van der Waals surface area contributed by atoms with Crippen LogP contribution in [0.2, 0.25) is 0 Å². The number of rotatable bonds is 3. The lowest BCUT2D eigenvalue weighted by molar-refractivity contribution is 0.0910. The lowest BCUT2D eigenvalue weighted by atomic mass is 10.2. The number of alkyl halides is 1. The normalized spacial score (nSPS) is 28.3. The van der Waals surface area contributed by atoms with Gasteiger partial charge < -0.3 is 9.84 Å².